The zero-order chi connectivity index (χ0) is 31.0. The molecular formula is C32H47FN4O5. The molecule has 0 spiro atoms. The van der Waals surface area contributed by atoms with Gasteiger partial charge in [-0.15, -0.1) is 0 Å². The monoisotopic (exact) mass is 586 g/mol. The Balaban J connectivity index is 0.00000114. The summed E-state index contributed by atoms with van der Waals surface area (Å²) in [6.45, 7) is 14.9. The van der Waals surface area contributed by atoms with Gasteiger partial charge in [0.05, 0.1) is 22.9 Å². The average Bonchev–Trinajstić information content (AvgIpc) is 3.17. The van der Waals surface area contributed by atoms with Crippen LogP contribution in [0, 0.1) is 17.7 Å². The normalized spacial score (nSPS) is 18.6. The van der Waals surface area contributed by atoms with E-state index in [2.05, 4.69) is 25.7 Å². The number of ketones is 2. The predicted molar refractivity (Wildman–Crippen MR) is 160 cm³/mol. The van der Waals surface area contributed by atoms with Gasteiger partial charge < -0.3 is 9.80 Å². The summed E-state index contributed by atoms with van der Waals surface area (Å²) in [6.07, 6.45) is 4.13. The van der Waals surface area contributed by atoms with Crippen molar-refractivity contribution in [3.8, 4) is 0 Å². The van der Waals surface area contributed by atoms with E-state index in [9.17, 15) is 24.0 Å². The van der Waals surface area contributed by atoms with E-state index in [4.69, 9.17) is 0 Å². The van der Waals surface area contributed by atoms with E-state index < -0.39 is 23.7 Å². The van der Waals surface area contributed by atoms with Gasteiger partial charge in [-0.05, 0) is 56.6 Å². The number of benzene rings is 1. The molecule has 3 heterocycles. The first-order chi connectivity index (χ1) is 20.0. The van der Waals surface area contributed by atoms with Crippen LogP contribution in [0.25, 0.3) is 0 Å². The van der Waals surface area contributed by atoms with Gasteiger partial charge >= 0.3 is 0 Å². The van der Waals surface area contributed by atoms with Crippen LogP contribution in [0.15, 0.2) is 12.1 Å². The second kappa shape index (κ2) is 15.4. The molecule has 1 unspecified atom stereocenters. The molecule has 4 rings (SSSR count). The number of rotatable bonds is 11. The third-order valence-corrected chi connectivity index (χ3v) is 8.02. The Hall–Kier alpha value is -3.14. The number of carbonyl (C=O) groups is 5. The van der Waals surface area contributed by atoms with Crippen LogP contribution in [-0.4, -0.2) is 96.3 Å². The van der Waals surface area contributed by atoms with Gasteiger partial charge in [-0.1, -0.05) is 27.7 Å². The fourth-order valence-electron chi connectivity index (χ4n) is 5.79. The minimum Gasteiger partial charge on any atom is -0.367 e. The summed E-state index contributed by atoms with van der Waals surface area (Å²) in [5, 5.41) is 0. The molecule has 3 amide bonds. The summed E-state index contributed by atoms with van der Waals surface area (Å²) in [4.78, 5) is 68.7. The van der Waals surface area contributed by atoms with Crippen LogP contribution in [-0.2, 0) is 14.4 Å². The molecule has 0 N–H and O–H groups in total. The van der Waals surface area contributed by atoms with Crippen molar-refractivity contribution < 1.29 is 28.4 Å². The number of carbonyl (C=O) groups excluding carboxylic acids is 5. The number of piperazine rings is 1. The first kappa shape index (κ1) is 33.4. The fourth-order valence-corrected chi connectivity index (χ4v) is 5.79. The minimum absolute atomic E-state index is 0.0192. The van der Waals surface area contributed by atoms with Gasteiger partial charge in [0.25, 0.3) is 11.8 Å². The van der Waals surface area contributed by atoms with Crippen LogP contribution in [0.3, 0.4) is 0 Å². The zero-order valence-electron chi connectivity index (χ0n) is 25.9. The highest BCUT2D eigenvalue weighted by Gasteiger charge is 2.43. The Morgan fingerprint density at radius 2 is 1.52 bits per heavy atom. The molecule has 0 aliphatic carbocycles. The molecule has 10 heteroatoms. The van der Waals surface area contributed by atoms with Crippen molar-refractivity contribution >= 4 is 35.5 Å². The molecule has 0 bridgehead atoms. The van der Waals surface area contributed by atoms with E-state index in [0.29, 0.717) is 31.8 Å². The maximum atomic E-state index is 15.2. The second-order valence-corrected chi connectivity index (χ2v) is 12.4. The van der Waals surface area contributed by atoms with E-state index in [1.54, 1.807) is 0 Å². The maximum Gasteiger partial charge on any atom is 0.262 e. The summed E-state index contributed by atoms with van der Waals surface area (Å²) in [7, 11) is 0. The van der Waals surface area contributed by atoms with Crippen molar-refractivity contribution in [1.29, 1.82) is 0 Å². The Bertz CT molecular complexity index is 1140. The van der Waals surface area contributed by atoms with E-state index in [1.807, 2.05) is 16.7 Å². The second-order valence-electron chi connectivity index (χ2n) is 12.4. The van der Waals surface area contributed by atoms with Gasteiger partial charge in [0.1, 0.15) is 11.6 Å². The lowest BCUT2D eigenvalue weighted by Crippen LogP contribution is -2.49. The third-order valence-electron chi connectivity index (χ3n) is 8.02. The summed E-state index contributed by atoms with van der Waals surface area (Å²) < 4.78 is 15.2. The molecule has 42 heavy (non-hydrogen) atoms. The number of nitrogens with zero attached hydrogens (tertiary/aromatic N) is 4. The summed E-state index contributed by atoms with van der Waals surface area (Å²) in [5.74, 6) is -0.903. The number of anilines is 1. The van der Waals surface area contributed by atoms with E-state index >= 15 is 4.39 Å². The molecule has 1 aromatic rings. The van der Waals surface area contributed by atoms with Gasteiger partial charge in [-0.2, -0.15) is 0 Å². The molecule has 0 radical (unpaired) electrons. The van der Waals surface area contributed by atoms with Crippen molar-refractivity contribution in [2.45, 2.75) is 79.2 Å². The number of imide groups is 1. The molecular weight excluding hydrogens is 539 g/mol. The fraction of sp³-hybridized carbons (Fsp3) is 0.656. The van der Waals surface area contributed by atoms with Crippen LogP contribution in [0.5, 0.6) is 0 Å². The number of fused-ring (bicyclic) bond motifs is 1. The largest absolute Gasteiger partial charge is 0.367 e. The highest BCUT2D eigenvalue weighted by molar-refractivity contribution is 6.23. The van der Waals surface area contributed by atoms with Gasteiger partial charge in [-0.25, -0.2) is 4.39 Å². The van der Waals surface area contributed by atoms with E-state index in [-0.39, 0.29) is 41.2 Å². The van der Waals surface area contributed by atoms with E-state index in [1.165, 1.54) is 13.0 Å². The number of hydrogen-bond donors (Lipinski definition) is 0. The van der Waals surface area contributed by atoms with Gasteiger partial charge in [0, 0.05) is 58.7 Å². The number of likely N-dealkylation sites (tertiary alicyclic amines) is 1. The smallest absolute Gasteiger partial charge is 0.262 e. The SMILES string of the molecule is CC(C)C.CCCC(=O)CCC(C(C)=O)N1C(=O)c2cc(F)c(N3CCN(CC4CCN(C=O)CC4)CC3)cc2C1=O. The number of piperidine rings is 1. The highest BCUT2D eigenvalue weighted by Crippen LogP contribution is 2.33. The standard InChI is InChI=1S/C28H37FN4O5.C4H10/c1-3-4-21(36)5-6-25(19(2)35)33-27(37)22-15-24(29)26(16-23(22)28(33)38)32-13-11-30(12-14-32)17-20-7-9-31(18-34)10-8-20;1-4(2)3/h15-16,18,20,25H,3-14,17H2,1-2H3;4H,1-3H3. The summed E-state index contributed by atoms with van der Waals surface area (Å²) >= 11 is 0. The van der Waals surface area contributed by atoms with Crippen LogP contribution in [0.1, 0.15) is 93.9 Å². The molecule has 0 aromatic heterocycles. The maximum absolute atomic E-state index is 15.2. The molecule has 2 fully saturated rings. The minimum atomic E-state index is -1.04. The molecule has 1 atom stereocenters. The van der Waals surface area contributed by atoms with E-state index in [0.717, 1.165) is 68.9 Å². The lowest BCUT2D eigenvalue weighted by atomic mass is 9.96. The molecule has 232 valence electrons. The lowest BCUT2D eigenvalue weighted by molar-refractivity contribution is -0.122. The highest BCUT2D eigenvalue weighted by atomic mass is 19.1. The molecule has 3 aliphatic rings. The van der Waals surface area contributed by atoms with Crippen molar-refractivity contribution in [2.75, 3.05) is 50.7 Å². The lowest BCUT2D eigenvalue weighted by Gasteiger charge is -2.39. The number of hydrogen-bond acceptors (Lipinski definition) is 7. The van der Waals surface area contributed by atoms with Crippen LogP contribution >= 0.6 is 0 Å². The predicted octanol–water partition coefficient (Wildman–Crippen LogP) is 4.18. The first-order valence-corrected chi connectivity index (χ1v) is 15.4. The Kier molecular flexibility index (Phi) is 12.2. The topological polar surface area (TPSA) is 98.3 Å². The average molecular weight is 587 g/mol. The van der Waals surface area contributed by atoms with Crippen molar-refractivity contribution in [1.82, 2.24) is 14.7 Å². The van der Waals surface area contributed by atoms with Gasteiger partial charge in [-0.3, -0.25) is 33.8 Å². The van der Waals surface area contributed by atoms with Crippen LogP contribution in [0.2, 0.25) is 0 Å². The first-order valence-electron chi connectivity index (χ1n) is 15.4. The van der Waals surface area contributed by atoms with Crippen LogP contribution < -0.4 is 4.90 Å². The molecule has 3 aliphatic heterocycles. The van der Waals surface area contributed by atoms with Crippen molar-refractivity contribution in [3.05, 3.63) is 29.1 Å². The number of Topliss-reactive ketones (excluding diaryl/α,β-unsaturated/α-hetero) is 2. The van der Waals surface area contributed by atoms with Gasteiger partial charge in [0.2, 0.25) is 6.41 Å². The molecule has 2 saturated heterocycles. The Morgan fingerprint density at radius 3 is 2.05 bits per heavy atom. The zero-order valence-corrected chi connectivity index (χ0v) is 25.9. The number of halogens is 1. The van der Waals surface area contributed by atoms with Crippen molar-refractivity contribution in [2.24, 2.45) is 11.8 Å². The quantitative estimate of drug-likeness (QED) is 0.283. The van der Waals surface area contributed by atoms with Crippen LogP contribution in [0.4, 0.5) is 10.1 Å². The summed E-state index contributed by atoms with van der Waals surface area (Å²) in [5.41, 5.74) is 0.341. The molecule has 9 nitrogen and oxygen atoms in total. The van der Waals surface area contributed by atoms with Crippen molar-refractivity contribution in [3.63, 3.8) is 0 Å². The Morgan fingerprint density at radius 1 is 0.952 bits per heavy atom. The Labute approximate surface area is 249 Å². The summed E-state index contributed by atoms with van der Waals surface area (Å²) in [6, 6.07) is 1.50. The third kappa shape index (κ3) is 8.46. The van der Waals surface area contributed by atoms with Gasteiger partial charge in [0.15, 0.2) is 5.78 Å². The molecule has 0 saturated carbocycles. The number of amides is 3. The molecule has 1 aromatic carbocycles.